The molecule has 2 aromatic rings. The van der Waals surface area contributed by atoms with Crippen molar-refractivity contribution < 1.29 is 15.0 Å². The molecule has 0 saturated carbocycles. The first-order chi connectivity index (χ1) is 8.16. The number of carbonyl (C=O) groups is 1. The average molecular weight is 268 g/mol. The third-order valence-corrected chi connectivity index (χ3v) is 3.76. The first-order valence-corrected chi connectivity index (χ1v) is 6.37. The van der Waals surface area contributed by atoms with Crippen LogP contribution in [0.25, 0.3) is 0 Å². The van der Waals surface area contributed by atoms with Crippen LogP contribution in [0.4, 0.5) is 0 Å². The molecule has 0 bridgehead atoms. The lowest BCUT2D eigenvalue weighted by Crippen LogP contribution is -2.01. The smallest absolute Gasteiger partial charge is 0.173 e. The molecule has 1 aromatic carbocycles. The summed E-state index contributed by atoms with van der Waals surface area (Å²) in [6.45, 7) is 0. The van der Waals surface area contributed by atoms with Crippen LogP contribution < -0.4 is 0 Å². The Balaban J connectivity index is 2.02. The quantitative estimate of drug-likeness (QED) is 0.501. The van der Waals surface area contributed by atoms with Gasteiger partial charge in [0.25, 0.3) is 0 Å². The number of hydrogen-bond donors (Lipinski definition) is 2. The molecular weight excluding hydrogens is 260 g/mol. The van der Waals surface area contributed by atoms with E-state index in [0.29, 0.717) is 5.56 Å². The maximum Gasteiger partial charge on any atom is 0.173 e. The fraction of sp³-hybridized carbons (Fsp3) is 0.100. The van der Waals surface area contributed by atoms with Gasteiger partial charge in [0.1, 0.15) is 6.33 Å². The van der Waals surface area contributed by atoms with E-state index in [2.05, 4.69) is 9.36 Å². The number of benzene rings is 1. The second-order valence-electron chi connectivity index (χ2n) is 3.12. The number of rotatable bonds is 4. The molecule has 88 valence electrons. The Labute approximate surface area is 105 Å². The van der Waals surface area contributed by atoms with Gasteiger partial charge in [-0.05, 0) is 29.7 Å². The van der Waals surface area contributed by atoms with Crippen LogP contribution in [0, 0.1) is 0 Å². The van der Waals surface area contributed by atoms with Crippen LogP contribution in [-0.2, 0) is 0 Å². The van der Waals surface area contributed by atoms with Gasteiger partial charge in [-0.2, -0.15) is 4.37 Å². The number of aromatic hydroxyl groups is 2. The molecule has 0 aliphatic carbocycles. The van der Waals surface area contributed by atoms with E-state index in [1.165, 1.54) is 47.8 Å². The first kappa shape index (κ1) is 11.9. The molecule has 0 saturated heterocycles. The molecule has 0 atom stereocenters. The number of hydrogen-bond acceptors (Lipinski definition) is 7. The second kappa shape index (κ2) is 5.15. The highest BCUT2D eigenvalue weighted by Gasteiger charge is 2.10. The Hall–Kier alpha value is -1.60. The van der Waals surface area contributed by atoms with Gasteiger partial charge in [-0.25, -0.2) is 4.98 Å². The van der Waals surface area contributed by atoms with E-state index in [1.807, 2.05) is 0 Å². The van der Waals surface area contributed by atoms with Crippen LogP contribution in [-0.4, -0.2) is 31.1 Å². The molecule has 7 heteroatoms. The van der Waals surface area contributed by atoms with Gasteiger partial charge in [-0.1, -0.05) is 11.8 Å². The summed E-state index contributed by atoms with van der Waals surface area (Å²) in [5.74, 6) is -0.449. The zero-order valence-corrected chi connectivity index (χ0v) is 10.2. The highest BCUT2D eigenvalue weighted by molar-refractivity contribution is 8.01. The lowest BCUT2D eigenvalue weighted by Gasteiger charge is -2.01. The van der Waals surface area contributed by atoms with Crippen molar-refractivity contribution in [3.63, 3.8) is 0 Å². The standard InChI is InChI=1S/C10H8N2O3S2/c13-7-2-1-6(3-8(7)14)9(15)4-16-10-11-5-12-17-10/h1-3,5,13-14H,4H2. The van der Waals surface area contributed by atoms with E-state index in [1.54, 1.807) is 0 Å². The first-order valence-electron chi connectivity index (χ1n) is 4.61. The van der Waals surface area contributed by atoms with Gasteiger partial charge < -0.3 is 10.2 Å². The summed E-state index contributed by atoms with van der Waals surface area (Å²) >= 11 is 2.52. The molecule has 0 aliphatic heterocycles. The minimum Gasteiger partial charge on any atom is -0.504 e. The topological polar surface area (TPSA) is 83.3 Å². The zero-order chi connectivity index (χ0) is 12.3. The van der Waals surface area contributed by atoms with Crippen LogP contribution >= 0.6 is 23.3 Å². The van der Waals surface area contributed by atoms with Crippen molar-refractivity contribution in [3.8, 4) is 11.5 Å². The minimum atomic E-state index is -0.295. The lowest BCUT2D eigenvalue weighted by atomic mass is 10.1. The molecule has 0 aliphatic rings. The number of ketones is 1. The number of thioether (sulfide) groups is 1. The zero-order valence-electron chi connectivity index (χ0n) is 8.53. The fourth-order valence-corrected chi connectivity index (χ4v) is 2.47. The minimum absolute atomic E-state index is 0.138. The molecule has 1 heterocycles. The van der Waals surface area contributed by atoms with Gasteiger partial charge in [0.2, 0.25) is 0 Å². The number of nitrogens with zero attached hydrogens (tertiary/aromatic N) is 2. The lowest BCUT2D eigenvalue weighted by molar-refractivity contribution is 0.102. The molecular formula is C10H8N2O3S2. The van der Waals surface area contributed by atoms with Crippen LogP contribution in [0.3, 0.4) is 0 Å². The van der Waals surface area contributed by atoms with E-state index >= 15 is 0 Å². The van der Waals surface area contributed by atoms with Crippen LogP contribution in [0.15, 0.2) is 28.9 Å². The van der Waals surface area contributed by atoms with Crippen molar-refractivity contribution in [3.05, 3.63) is 30.1 Å². The predicted molar refractivity (Wildman–Crippen MR) is 64.7 cm³/mol. The van der Waals surface area contributed by atoms with E-state index in [9.17, 15) is 9.90 Å². The van der Waals surface area contributed by atoms with Crippen LogP contribution in [0.1, 0.15) is 10.4 Å². The number of phenols is 2. The molecule has 0 radical (unpaired) electrons. The molecule has 0 fully saturated rings. The van der Waals surface area contributed by atoms with E-state index in [0.717, 1.165) is 4.34 Å². The Bertz CT molecular complexity index is 528. The number of phenolic OH excluding ortho intramolecular Hbond substituents is 2. The molecule has 0 unspecified atom stereocenters. The Morgan fingerprint density at radius 2 is 2.18 bits per heavy atom. The summed E-state index contributed by atoms with van der Waals surface area (Å²) in [6, 6.07) is 4.01. The summed E-state index contributed by atoms with van der Waals surface area (Å²) in [4.78, 5) is 15.7. The molecule has 2 rings (SSSR count). The summed E-state index contributed by atoms with van der Waals surface area (Å²) in [5, 5.41) is 18.4. The normalized spacial score (nSPS) is 10.4. The number of carbonyl (C=O) groups excluding carboxylic acids is 1. The van der Waals surface area contributed by atoms with Gasteiger partial charge in [-0.15, -0.1) is 0 Å². The summed E-state index contributed by atoms with van der Waals surface area (Å²) in [6.07, 6.45) is 1.43. The largest absolute Gasteiger partial charge is 0.504 e. The van der Waals surface area contributed by atoms with Gasteiger partial charge >= 0.3 is 0 Å². The van der Waals surface area contributed by atoms with Crippen molar-refractivity contribution in [2.45, 2.75) is 4.34 Å². The molecule has 1 aromatic heterocycles. The number of aromatic nitrogens is 2. The van der Waals surface area contributed by atoms with E-state index in [4.69, 9.17) is 5.11 Å². The maximum absolute atomic E-state index is 11.7. The third kappa shape index (κ3) is 2.95. The van der Waals surface area contributed by atoms with Crippen molar-refractivity contribution in [1.82, 2.24) is 9.36 Å². The Morgan fingerprint density at radius 3 is 2.82 bits per heavy atom. The predicted octanol–water partition coefficient (Wildman–Crippen LogP) is 1.92. The van der Waals surface area contributed by atoms with Crippen LogP contribution in [0.5, 0.6) is 11.5 Å². The monoisotopic (exact) mass is 268 g/mol. The van der Waals surface area contributed by atoms with Gasteiger partial charge in [-0.3, -0.25) is 4.79 Å². The van der Waals surface area contributed by atoms with Crippen LogP contribution in [0.2, 0.25) is 0 Å². The third-order valence-electron chi connectivity index (χ3n) is 1.97. The highest BCUT2D eigenvalue weighted by Crippen LogP contribution is 2.26. The Morgan fingerprint density at radius 1 is 1.35 bits per heavy atom. The van der Waals surface area contributed by atoms with E-state index in [-0.39, 0.29) is 23.0 Å². The summed E-state index contributed by atoms with van der Waals surface area (Å²) < 4.78 is 4.55. The Kier molecular flexibility index (Phi) is 3.60. The molecule has 0 amide bonds. The highest BCUT2D eigenvalue weighted by atomic mass is 32.2. The molecule has 5 nitrogen and oxygen atoms in total. The molecule has 17 heavy (non-hydrogen) atoms. The molecule has 2 N–H and O–H groups in total. The van der Waals surface area contributed by atoms with Crippen molar-refractivity contribution in [2.24, 2.45) is 0 Å². The van der Waals surface area contributed by atoms with Gasteiger partial charge in [0.05, 0.1) is 5.75 Å². The number of Topliss-reactive ketones (excluding diaryl/α,β-unsaturated/α-hetero) is 1. The molecule has 0 spiro atoms. The SMILES string of the molecule is O=C(CSc1ncns1)c1ccc(O)c(O)c1. The maximum atomic E-state index is 11.7. The fourth-order valence-electron chi connectivity index (χ4n) is 1.13. The van der Waals surface area contributed by atoms with Crippen molar-refractivity contribution in [2.75, 3.05) is 5.75 Å². The van der Waals surface area contributed by atoms with Crippen molar-refractivity contribution >= 4 is 29.1 Å². The van der Waals surface area contributed by atoms with E-state index < -0.39 is 0 Å². The summed E-state index contributed by atoms with van der Waals surface area (Å²) in [7, 11) is 0. The van der Waals surface area contributed by atoms with Gasteiger partial charge in [0.15, 0.2) is 21.6 Å². The summed E-state index contributed by atoms with van der Waals surface area (Å²) in [5.41, 5.74) is 0.359. The second-order valence-corrected chi connectivity index (χ2v) is 5.13. The van der Waals surface area contributed by atoms with Gasteiger partial charge in [0, 0.05) is 5.56 Å². The average Bonchev–Trinajstić information content (AvgIpc) is 2.82. The van der Waals surface area contributed by atoms with Crippen molar-refractivity contribution in [1.29, 1.82) is 0 Å².